The molecule has 1 unspecified atom stereocenters. The van der Waals surface area contributed by atoms with Crippen LogP contribution in [0.4, 0.5) is 4.39 Å². The van der Waals surface area contributed by atoms with Crippen LogP contribution in [0.5, 0.6) is 5.75 Å². The minimum atomic E-state index is -0.540. The van der Waals surface area contributed by atoms with E-state index >= 15 is 0 Å². The molecule has 0 saturated carbocycles. The maximum absolute atomic E-state index is 14.0. The number of rotatable bonds is 4. The van der Waals surface area contributed by atoms with Crippen LogP contribution in [-0.4, -0.2) is 6.10 Å². The summed E-state index contributed by atoms with van der Waals surface area (Å²) in [5, 5.41) is 0. The van der Waals surface area contributed by atoms with Crippen molar-refractivity contribution in [3.63, 3.8) is 0 Å². The highest BCUT2D eigenvalue weighted by molar-refractivity contribution is 9.10. The van der Waals surface area contributed by atoms with Gasteiger partial charge in [0.15, 0.2) is 0 Å². The van der Waals surface area contributed by atoms with Gasteiger partial charge in [0, 0.05) is 10.0 Å². The first kappa shape index (κ1) is 15.0. The standard InChI is InChI=1S/C16H17BrFNO/c1-10(2)20-12-6-3-5-11(9-12)16(19)15-13(17)7-4-8-14(15)18/h3-10,16H,19H2,1-2H3. The van der Waals surface area contributed by atoms with E-state index in [4.69, 9.17) is 10.5 Å². The second-order valence-electron chi connectivity index (χ2n) is 4.85. The van der Waals surface area contributed by atoms with E-state index in [2.05, 4.69) is 15.9 Å². The van der Waals surface area contributed by atoms with Crippen LogP contribution in [0.25, 0.3) is 0 Å². The van der Waals surface area contributed by atoms with Gasteiger partial charge in [0.2, 0.25) is 0 Å². The average Bonchev–Trinajstić information content (AvgIpc) is 2.38. The van der Waals surface area contributed by atoms with E-state index in [1.807, 2.05) is 38.1 Å². The Morgan fingerprint density at radius 3 is 2.50 bits per heavy atom. The number of benzene rings is 2. The van der Waals surface area contributed by atoms with E-state index in [0.717, 1.165) is 11.3 Å². The highest BCUT2D eigenvalue weighted by Gasteiger charge is 2.17. The second-order valence-corrected chi connectivity index (χ2v) is 5.71. The summed E-state index contributed by atoms with van der Waals surface area (Å²) in [4.78, 5) is 0. The Morgan fingerprint density at radius 1 is 1.15 bits per heavy atom. The molecular weight excluding hydrogens is 321 g/mol. The highest BCUT2D eigenvalue weighted by Crippen LogP contribution is 2.30. The zero-order valence-electron chi connectivity index (χ0n) is 11.4. The highest BCUT2D eigenvalue weighted by atomic mass is 79.9. The summed E-state index contributed by atoms with van der Waals surface area (Å²) in [6.45, 7) is 3.92. The van der Waals surface area contributed by atoms with Crippen molar-refractivity contribution in [3.05, 3.63) is 63.9 Å². The molecule has 4 heteroatoms. The van der Waals surface area contributed by atoms with E-state index < -0.39 is 6.04 Å². The van der Waals surface area contributed by atoms with Gasteiger partial charge in [-0.1, -0.05) is 34.1 Å². The topological polar surface area (TPSA) is 35.2 Å². The normalized spacial score (nSPS) is 12.5. The zero-order chi connectivity index (χ0) is 14.7. The Bertz CT molecular complexity index is 581. The summed E-state index contributed by atoms with van der Waals surface area (Å²) in [5.41, 5.74) is 7.46. The number of ether oxygens (including phenoxy) is 1. The fraction of sp³-hybridized carbons (Fsp3) is 0.250. The second kappa shape index (κ2) is 6.37. The molecule has 0 spiro atoms. The van der Waals surface area contributed by atoms with Crippen LogP contribution in [0, 0.1) is 5.82 Å². The minimum Gasteiger partial charge on any atom is -0.491 e. The van der Waals surface area contributed by atoms with Crippen molar-refractivity contribution in [1.82, 2.24) is 0 Å². The van der Waals surface area contributed by atoms with Crippen LogP contribution in [0.15, 0.2) is 46.9 Å². The van der Waals surface area contributed by atoms with Crippen LogP contribution in [-0.2, 0) is 0 Å². The Labute approximate surface area is 126 Å². The van der Waals surface area contributed by atoms with Gasteiger partial charge in [-0.25, -0.2) is 4.39 Å². The third-order valence-corrected chi connectivity index (χ3v) is 3.59. The van der Waals surface area contributed by atoms with E-state index in [1.54, 1.807) is 12.1 Å². The lowest BCUT2D eigenvalue weighted by atomic mass is 9.99. The smallest absolute Gasteiger partial charge is 0.129 e. The fourth-order valence-electron chi connectivity index (χ4n) is 2.03. The first-order chi connectivity index (χ1) is 9.49. The molecule has 0 aliphatic heterocycles. The monoisotopic (exact) mass is 337 g/mol. The molecule has 2 nitrogen and oxygen atoms in total. The first-order valence-electron chi connectivity index (χ1n) is 6.45. The predicted molar refractivity (Wildman–Crippen MR) is 82.3 cm³/mol. The Kier molecular flexibility index (Phi) is 4.78. The Morgan fingerprint density at radius 2 is 1.85 bits per heavy atom. The van der Waals surface area contributed by atoms with Crippen molar-refractivity contribution in [3.8, 4) is 5.75 Å². The van der Waals surface area contributed by atoms with E-state index in [1.165, 1.54) is 6.07 Å². The van der Waals surface area contributed by atoms with Gasteiger partial charge in [-0.15, -0.1) is 0 Å². The lowest BCUT2D eigenvalue weighted by Crippen LogP contribution is -2.15. The zero-order valence-corrected chi connectivity index (χ0v) is 13.0. The van der Waals surface area contributed by atoms with E-state index in [-0.39, 0.29) is 11.9 Å². The molecule has 1 atom stereocenters. The molecule has 20 heavy (non-hydrogen) atoms. The largest absolute Gasteiger partial charge is 0.491 e. The maximum Gasteiger partial charge on any atom is 0.129 e. The summed E-state index contributed by atoms with van der Waals surface area (Å²) in [7, 11) is 0. The number of hydrogen-bond donors (Lipinski definition) is 1. The van der Waals surface area contributed by atoms with Crippen molar-refractivity contribution in [2.24, 2.45) is 5.73 Å². The molecule has 0 amide bonds. The fourth-order valence-corrected chi connectivity index (χ4v) is 2.62. The summed E-state index contributed by atoms with van der Waals surface area (Å²) in [5.74, 6) is 0.419. The van der Waals surface area contributed by atoms with Gasteiger partial charge in [-0.3, -0.25) is 0 Å². The van der Waals surface area contributed by atoms with Crippen molar-refractivity contribution in [1.29, 1.82) is 0 Å². The molecule has 2 N–H and O–H groups in total. The molecular formula is C16H17BrFNO. The van der Waals surface area contributed by atoms with Crippen LogP contribution < -0.4 is 10.5 Å². The summed E-state index contributed by atoms with van der Waals surface area (Å²) in [6, 6.07) is 11.8. The molecule has 2 aromatic carbocycles. The summed E-state index contributed by atoms with van der Waals surface area (Å²) < 4.78 is 20.3. The number of nitrogens with two attached hydrogens (primary N) is 1. The predicted octanol–water partition coefficient (Wildman–Crippen LogP) is 4.42. The molecule has 0 fully saturated rings. The molecule has 0 bridgehead atoms. The molecule has 0 aliphatic rings. The Balaban J connectivity index is 2.36. The molecule has 0 aromatic heterocycles. The van der Waals surface area contributed by atoms with Gasteiger partial charge in [0.05, 0.1) is 12.1 Å². The molecule has 0 saturated heterocycles. The lowest BCUT2D eigenvalue weighted by Gasteiger charge is -2.17. The van der Waals surface area contributed by atoms with Crippen molar-refractivity contribution in [2.45, 2.75) is 26.0 Å². The quantitative estimate of drug-likeness (QED) is 0.895. The van der Waals surface area contributed by atoms with Crippen molar-refractivity contribution in [2.75, 3.05) is 0 Å². The maximum atomic E-state index is 14.0. The van der Waals surface area contributed by atoms with Gasteiger partial charge >= 0.3 is 0 Å². The third kappa shape index (κ3) is 3.38. The SMILES string of the molecule is CC(C)Oc1cccc(C(N)c2c(F)cccc2Br)c1. The molecule has 0 aliphatic carbocycles. The minimum absolute atomic E-state index is 0.0849. The van der Waals surface area contributed by atoms with Gasteiger partial charge in [0.25, 0.3) is 0 Å². The van der Waals surface area contributed by atoms with E-state index in [0.29, 0.717) is 10.0 Å². The molecule has 106 valence electrons. The summed E-state index contributed by atoms with van der Waals surface area (Å²) >= 11 is 3.35. The molecule has 0 heterocycles. The molecule has 0 radical (unpaired) electrons. The Hall–Kier alpha value is -1.39. The van der Waals surface area contributed by atoms with Crippen LogP contribution >= 0.6 is 15.9 Å². The van der Waals surface area contributed by atoms with E-state index in [9.17, 15) is 4.39 Å². The summed E-state index contributed by atoms with van der Waals surface area (Å²) in [6.07, 6.45) is 0.0849. The van der Waals surface area contributed by atoms with Gasteiger partial charge in [-0.2, -0.15) is 0 Å². The van der Waals surface area contributed by atoms with Gasteiger partial charge < -0.3 is 10.5 Å². The average molecular weight is 338 g/mol. The first-order valence-corrected chi connectivity index (χ1v) is 7.24. The molecule has 2 aromatic rings. The number of halogens is 2. The van der Waals surface area contributed by atoms with Gasteiger partial charge in [-0.05, 0) is 43.7 Å². The van der Waals surface area contributed by atoms with Crippen molar-refractivity contribution < 1.29 is 9.13 Å². The van der Waals surface area contributed by atoms with Crippen molar-refractivity contribution >= 4 is 15.9 Å². The number of hydrogen-bond acceptors (Lipinski definition) is 2. The lowest BCUT2D eigenvalue weighted by molar-refractivity contribution is 0.242. The van der Waals surface area contributed by atoms with Crippen LogP contribution in [0.1, 0.15) is 31.0 Å². The third-order valence-electron chi connectivity index (χ3n) is 2.90. The van der Waals surface area contributed by atoms with Crippen LogP contribution in [0.2, 0.25) is 0 Å². The van der Waals surface area contributed by atoms with Crippen LogP contribution in [0.3, 0.4) is 0 Å². The van der Waals surface area contributed by atoms with Gasteiger partial charge in [0.1, 0.15) is 11.6 Å². The molecule has 2 rings (SSSR count).